The zero-order chi connectivity index (χ0) is 19.6. The highest BCUT2D eigenvalue weighted by Gasteiger charge is 2.13. The molecule has 0 spiro atoms. The Hall–Kier alpha value is -3.35. The summed E-state index contributed by atoms with van der Waals surface area (Å²) in [5, 5.41) is 4.57. The molecule has 0 radical (unpaired) electrons. The third-order valence-electron chi connectivity index (χ3n) is 3.35. The number of nitrogens with one attached hydrogen (secondary N) is 2. The van der Waals surface area contributed by atoms with Crippen molar-refractivity contribution in [3.8, 4) is 5.75 Å². The van der Waals surface area contributed by atoms with E-state index in [9.17, 15) is 14.4 Å². The highest BCUT2D eigenvalue weighted by molar-refractivity contribution is 5.97. The molecule has 0 saturated heterocycles. The molecule has 0 heterocycles. The van der Waals surface area contributed by atoms with Crippen LogP contribution in [-0.2, 0) is 16.1 Å². The number of ether oxygens (including phenoxy) is 2. The molecule has 0 fully saturated rings. The van der Waals surface area contributed by atoms with Gasteiger partial charge in [0.2, 0.25) is 0 Å². The molecule has 0 unspecified atom stereocenters. The fraction of sp³-hybridized carbons (Fsp3) is 0.250. The summed E-state index contributed by atoms with van der Waals surface area (Å²) in [5.41, 5.74) is 1.31. The van der Waals surface area contributed by atoms with Gasteiger partial charge in [-0.05, 0) is 43.7 Å². The van der Waals surface area contributed by atoms with Gasteiger partial charge >= 0.3 is 12.0 Å². The molecule has 7 nitrogen and oxygen atoms in total. The maximum Gasteiger partial charge on any atom is 0.338 e. The van der Waals surface area contributed by atoms with Gasteiger partial charge in [0.1, 0.15) is 12.4 Å². The van der Waals surface area contributed by atoms with Gasteiger partial charge in [-0.25, -0.2) is 9.59 Å². The topological polar surface area (TPSA) is 93.7 Å². The Balaban J connectivity index is 1.77. The van der Waals surface area contributed by atoms with E-state index >= 15 is 0 Å². The lowest BCUT2D eigenvalue weighted by atomic mass is 10.2. The molecular formula is C20H22N2O5. The Kier molecular flexibility index (Phi) is 7.37. The van der Waals surface area contributed by atoms with Crippen LogP contribution in [0.4, 0.5) is 4.79 Å². The van der Waals surface area contributed by atoms with Crippen molar-refractivity contribution in [2.24, 2.45) is 0 Å². The van der Waals surface area contributed by atoms with Gasteiger partial charge < -0.3 is 14.8 Å². The smallest absolute Gasteiger partial charge is 0.338 e. The fourth-order valence-electron chi connectivity index (χ4n) is 2.10. The van der Waals surface area contributed by atoms with E-state index in [1.807, 2.05) is 30.3 Å². The second kappa shape index (κ2) is 9.96. The zero-order valence-corrected chi connectivity index (χ0v) is 15.2. The highest BCUT2D eigenvalue weighted by Crippen LogP contribution is 2.15. The van der Waals surface area contributed by atoms with Gasteiger partial charge in [0.05, 0.1) is 5.56 Å². The van der Waals surface area contributed by atoms with Crippen molar-refractivity contribution >= 4 is 17.9 Å². The largest absolute Gasteiger partial charge is 0.489 e. The van der Waals surface area contributed by atoms with Crippen LogP contribution in [0.15, 0.2) is 54.6 Å². The minimum Gasteiger partial charge on any atom is -0.489 e. The molecule has 0 saturated carbocycles. The molecule has 2 aromatic rings. The second-order valence-corrected chi connectivity index (χ2v) is 6.05. The first-order valence-corrected chi connectivity index (χ1v) is 8.48. The summed E-state index contributed by atoms with van der Waals surface area (Å²) >= 11 is 0. The number of hydrogen-bond acceptors (Lipinski definition) is 5. The van der Waals surface area contributed by atoms with Gasteiger partial charge in [0, 0.05) is 6.04 Å². The van der Waals surface area contributed by atoms with Gasteiger partial charge in [0.25, 0.3) is 5.91 Å². The van der Waals surface area contributed by atoms with Crippen LogP contribution in [0.5, 0.6) is 5.75 Å². The van der Waals surface area contributed by atoms with Crippen LogP contribution in [0.2, 0.25) is 0 Å². The van der Waals surface area contributed by atoms with Crippen LogP contribution in [0, 0.1) is 0 Å². The molecule has 7 heteroatoms. The minimum absolute atomic E-state index is 0.108. The summed E-state index contributed by atoms with van der Waals surface area (Å²) in [7, 11) is 0. The Morgan fingerprint density at radius 1 is 0.963 bits per heavy atom. The van der Waals surface area contributed by atoms with Crippen molar-refractivity contribution in [1.29, 1.82) is 0 Å². The molecule has 27 heavy (non-hydrogen) atoms. The van der Waals surface area contributed by atoms with Crippen LogP contribution >= 0.6 is 0 Å². The van der Waals surface area contributed by atoms with Crippen molar-refractivity contribution in [2.75, 3.05) is 6.61 Å². The van der Waals surface area contributed by atoms with Crippen molar-refractivity contribution in [1.82, 2.24) is 10.6 Å². The average Bonchev–Trinajstić information content (AvgIpc) is 2.65. The Morgan fingerprint density at radius 3 is 2.26 bits per heavy atom. The zero-order valence-electron chi connectivity index (χ0n) is 15.2. The van der Waals surface area contributed by atoms with Crippen molar-refractivity contribution < 1.29 is 23.9 Å². The maximum absolute atomic E-state index is 12.0. The van der Waals surface area contributed by atoms with Gasteiger partial charge in [0.15, 0.2) is 6.61 Å². The molecule has 0 atom stereocenters. The van der Waals surface area contributed by atoms with Crippen LogP contribution in [0.1, 0.15) is 29.8 Å². The van der Waals surface area contributed by atoms with Crippen molar-refractivity contribution in [2.45, 2.75) is 26.5 Å². The molecule has 0 aliphatic carbocycles. The third kappa shape index (κ3) is 7.19. The lowest BCUT2D eigenvalue weighted by molar-refractivity contribution is -0.123. The predicted octanol–water partition coefficient (Wildman–Crippen LogP) is 2.66. The molecule has 2 aromatic carbocycles. The van der Waals surface area contributed by atoms with E-state index in [2.05, 4.69) is 10.6 Å². The minimum atomic E-state index is -0.704. The average molecular weight is 370 g/mol. The van der Waals surface area contributed by atoms with Gasteiger partial charge in [-0.15, -0.1) is 0 Å². The molecule has 0 aliphatic heterocycles. The molecular weight excluding hydrogens is 348 g/mol. The first-order valence-electron chi connectivity index (χ1n) is 8.48. The predicted molar refractivity (Wildman–Crippen MR) is 99.3 cm³/mol. The number of carbonyl (C=O) groups is 3. The molecule has 3 amide bonds. The number of rotatable bonds is 7. The summed E-state index contributed by atoms with van der Waals surface area (Å²) in [5.74, 6) is -0.758. The highest BCUT2D eigenvalue weighted by atomic mass is 16.5. The first-order chi connectivity index (χ1) is 12.9. The molecule has 0 bridgehead atoms. The molecule has 0 aromatic heterocycles. The molecule has 0 aliphatic rings. The van der Waals surface area contributed by atoms with E-state index in [1.54, 1.807) is 38.1 Å². The number of amides is 3. The molecule has 2 N–H and O–H groups in total. The lowest BCUT2D eigenvalue weighted by Gasteiger charge is -2.10. The quantitative estimate of drug-likeness (QED) is 0.731. The normalized spacial score (nSPS) is 10.2. The summed E-state index contributed by atoms with van der Waals surface area (Å²) in [6.45, 7) is 3.40. The Labute approximate surface area is 157 Å². The number of carbonyl (C=O) groups excluding carboxylic acids is 3. The molecule has 142 valence electrons. The monoisotopic (exact) mass is 370 g/mol. The van der Waals surface area contributed by atoms with E-state index in [0.29, 0.717) is 12.4 Å². The second-order valence-electron chi connectivity index (χ2n) is 6.05. The summed E-state index contributed by atoms with van der Waals surface area (Å²) in [6, 6.07) is 15.4. The van der Waals surface area contributed by atoms with E-state index in [-0.39, 0.29) is 11.6 Å². The molecule has 2 rings (SSSR count). The standard InChI is InChI=1S/C20H22N2O5/c1-14(2)21-20(25)22-18(23)13-27-19(24)16-8-10-17(11-9-16)26-12-15-6-4-3-5-7-15/h3-11,14H,12-13H2,1-2H3,(H2,21,22,23,25). The fourth-order valence-corrected chi connectivity index (χ4v) is 2.10. The third-order valence-corrected chi connectivity index (χ3v) is 3.35. The van der Waals surface area contributed by atoms with E-state index in [0.717, 1.165) is 5.56 Å². The number of esters is 1. The van der Waals surface area contributed by atoms with E-state index in [1.165, 1.54) is 0 Å². The van der Waals surface area contributed by atoms with Gasteiger partial charge in [-0.1, -0.05) is 30.3 Å². The van der Waals surface area contributed by atoms with E-state index < -0.39 is 24.5 Å². The van der Waals surface area contributed by atoms with Crippen LogP contribution in [0.25, 0.3) is 0 Å². The number of imide groups is 1. The number of benzene rings is 2. The summed E-state index contributed by atoms with van der Waals surface area (Å²) in [4.78, 5) is 34.9. The Bertz CT molecular complexity index is 773. The van der Waals surface area contributed by atoms with Gasteiger partial charge in [-0.2, -0.15) is 0 Å². The van der Waals surface area contributed by atoms with Crippen molar-refractivity contribution in [3.63, 3.8) is 0 Å². The Morgan fingerprint density at radius 2 is 1.63 bits per heavy atom. The van der Waals surface area contributed by atoms with Crippen molar-refractivity contribution in [3.05, 3.63) is 65.7 Å². The van der Waals surface area contributed by atoms with Gasteiger partial charge in [-0.3, -0.25) is 10.1 Å². The van der Waals surface area contributed by atoms with Crippen LogP contribution in [0.3, 0.4) is 0 Å². The van der Waals surface area contributed by atoms with Crippen LogP contribution < -0.4 is 15.4 Å². The first kappa shape index (κ1) is 20.0. The van der Waals surface area contributed by atoms with Crippen LogP contribution in [-0.4, -0.2) is 30.6 Å². The maximum atomic E-state index is 12.0. The summed E-state index contributed by atoms with van der Waals surface area (Å²) < 4.78 is 10.5. The van der Waals surface area contributed by atoms with E-state index in [4.69, 9.17) is 9.47 Å². The number of urea groups is 1. The summed E-state index contributed by atoms with van der Waals surface area (Å²) in [6.07, 6.45) is 0. The number of hydrogen-bond donors (Lipinski definition) is 2. The SMILES string of the molecule is CC(C)NC(=O)NC(=O)COC(=O)c1ccc(OCc2ccccc2)cc1. The lowest BCUT2D eigenvalue weighted by Crippen LogP contribution is -2.44.